The molecule has 0 aromatic rings. The lowest BCUT2D eigenvalue weighted by atomic mass is 10.4. The van der Waals surface area contributed by atoms with Gasteiger partial charge in [-0.25, -0.2) is 0 Å². The molecular formula is C7H9ClO2. The second-order valence-electron chi connectivity index (χ2n) is 2.27. The first-order valence-corrected chi connectivity index (χ1v) is 3.70. The zero-order valence-electron chi connectivity index (χ0n) is 5.55. The van der Waals surface area contributed by atoms with Crippen molar-refractivity contribution in [3.8, 4) is 0 Å². The van der Waals surface area contributed by atoms with E-state index in [9.17, 15) is 4.79 Å². The summed E-state index contributed by atoms with van der Waals surface area (Å²) < 4.78 is 4.80. The number of esters is 1. The van der Waals surface area contributed by atoms with Gasteiger partial charge in [0.1, 0.15) is 6.61 Å². The van der Waals surface area contributed by atoms with E-state index in [2.05, 4.69) is 0 Å². The third kappa shape index (κ3) is 2.40. The summed E-state index contributed by atoms with van der Waals surface area (Å²) in [7, 11) is 0. The van der Waals surface area contributed by atoms with Crippen molar-refractivity contribution in [2.24, 2.45) is 5.92 Å². The maximum Gasteiger partial charge on any atom is 0.309 e. The lowest BCUT2D eigenvalue weighted by Gasteiger charge is -1.96. The Hall–Kier alpha value is -0.500. The van der Waals surface area contributed by atoms with Crippen molar-refractivity contribution in [2.45, 2.75) is 12.8 Å². The van der Waals surface area contributed by atoms with E-state index in [1.54, 1.807) is 6.08 Å². The molecule has 0 atom stereocenters. The highest BCUT2D eigenvalue weighted by atomic mass is 35.5. The van der Waals surface area contributed by atoms with E-state index < -0.39 is 0 Å². The summed E-state index contributed by atoms with van der Waals surface area (Å²) >= 11 is 5.21. The zero-order valence-corrected chi connectivity index (χ0v) is 6.30. The molecule has 0 radical (unpaired) electrons. The van der Waals surface area contributed by atoms with Gasteiger partial charge in [0.25, 0.3) is 0 Å². The highest BCUT2D eigenvalue weighted by Crippen LogP contribution is 2.29. The molecule has 1 aliphatic rings. The van der Waals surface area contributed by atoms with Crippen molar-refractivity contribution < 1.29 is 9.53 Å². The normalized spacial score (nSPS) is 17.7. The quantitative estimate of drug-likeness (QED) is 0.588. The van der Waals surface area contributed by atoms with E-state index >= 15 is 0 Å². The largest absolute Gasteiger partial charge is 0.461 e. The molecule has 3 heteroatoms. The van der Waals surface area contributed by atoms with Gasteiger partial charge in [0.2, 0.25) is 0 Å². The van der Waals surface area contributed by atoms with Crippen LogP contribution >= 0.6 is 11.6 Å². The number of carbonyl (C=O) groups is 1. The van der Waals surface area contributed by atoms with Crippen LogP contribution in [0.3, 0.4) is 0 Å². The van der Waals surface area contributed by atoms with E-state index in [4.69, 9.17) is 16.3 Å². The van der Waals surface area contributed by atoms with Gasteiger partial charge in [-0.05, 0) is 18.9 Å². The second-order valence-corrected chi connectivity index (χ2v) is 2.52. The van der Waals surface area contributed by atoms with Gasteiger partial charge >= 0.3 is 5.97 Å². The van der Waals surface area contributed by atoms with Gasteiger partial charge in [0.05, 0.1) is 5.92 Å². The molecule has 1 rings (SSSR count). The van der Waals surface area contributed by atoms with E-state index in [1.807, 2.05) is 0 Å². The Morgan fingerprint density at radius 2 is 2.40 bits per heavy atom. The molecule has 0 amide bonds. The summed E-state index contributed by atoms with van der Waals surface area (Å²) in [5.41, 5.74) is 1.35. The SMILES string of the molecule is O=C(OC/C=C/Cl)C1CC1. The van der Waals surface area contributed by atoms with Crippen molar-refractivity contribution in [3.05, 3.63) is 11.6 Å². The van der Waals surface area contributed by atoms with Crippen LogP contribution in [0.1, 0.15) is 12.8 Å². The Bertz CT molecular complexity index is 150. The molecule has 1 saturated carbocycles. The van der Waals surface area contributed by atoms with Crippen LogP contribution in [-0.4, -0.2) is 12.6 Å². The fraction of sp³-hybridized carbons (Fsp3) is 0.571. The molecule has 0 unspecified atom stereocenters. The molecule has 0 bridgehead atoms. The molecule has 0 aliphatic heterocycles. The molecule has 10 heavy (non-hydrogen) atoms. The lowest BCUT2D eigenvalue weighted by Crippen LogP contribution is -2.05. The Morgan fingerprint density at radius 3 is 2.90 bits per heavy atom. The van der Waals surface area contributed by atoms with E-state index in [-0.39, 0.29) is 11.9 Å². The van der Waals surface area contributed by atoms with Crippen LogP contribution in [0.5, 0.6) is 0 Å². The van der Waals surface area contributed by atoms with Crippen LogP contribution in [0.25, 0.3) is 0 Å². The van der Waals surface area contributed by atoms with Gasteiger partial charge in [-0.2, -0.15) is 0 Å². The molecule has 0 N–H and O–H groups in total. The van der Waals surface area contributed by atoms with E-state index in [1.165, 1.54) is 5.54 Å². The van der Waals surface area contributed by atoms with Crippen LogP contribution in [0.2, 0.25) is 0 Å². The molecule has 56 valence electrons. The standard InChI is InChI=1S/C7H9ClO2/c8-4-1-5-10-7(9)6-2-3-6/h1,4,6H,2-3,5H2/b4-1+. The summed E-state index contributed by atoms with van der Waals surface area (Å²) in [5, 5.41) is 0. The first-order valence-electron chi connectivity index (χ1n) is 3.26. The number of carbonyl (C=O) groups excluding carboxylic acids is 1. The number of halogens is 1. The maximum atomic E-state index is 10.8. The first kappa shape index (κ1) is 7.61. The summed E-state index contributed by atoms with van der Waals surface area (Å²) in [6.45, 7) is 0.304. The summed E-state index contributed by atoms with van der Waals surface area (Å²) in [6.07, 6.45) is 3.58. The third-order valence-electron chi connectivity index (χ3n) is 1.32. The van der Waals surface area contributed by atoms with Crippen LogP contribution in [0.4, 0.5) is 0 Å². The van der Waals surface area contributed by atoms with Crippen molar-refractivity contribution >= 4 is 17.6 Å². The summed E-state index contributed by atoms with van der Waals surface area (Å²) in [5.74, 6) is 0.0958. The minimum atomic E-state index is -0.0882. The van der Waals surface area contributed by atoms with Crippen molar-refractivity contribution in [1.82, 2.24) is 0 Å². The Morgan fingerprint density at radius 1 is 1.70 bits per heavy atom. The fourth-order valence-corrected chi connectivity index (χ4v) is 0.676. The number of hydrogen-bond acceptors (Lipinski definition) is 2. The van der Waals surface area contributed by atoms with Crippen LogP contribution in [0, 0.1) is 5.92 Å². The molecule has 0 spiro atoms. The number of rotatable bonds is 3. The second kappa shape index (κ2) is 3.62. The van der Waals surface area contributed by atoms with Crippen molar-refractivity contribution in [1.29, 1.82) is 0 Å². The average Bonchev–Trinajstić information content (AvgIpc) is 2.69. The Kier molecular flexibility index (Phi) is 2.75. The van der Waals surface area contributed by atoms with Crippen molar-refractivity contribution in [2.75, 3.05) is 6.61 Å². The van der Waals surface area contributed by atoms with Crippen LogP contribution < -0.4 is 0 Å². The minimum Gasteiger partial charge on any atom is -0.461 e. The number of ether oxygens (including phenoxy) is 1. The molecule has 2 nitrogen and oxygen atoms in total. The highest BCUT2D eigenvalue weighted by Gasteiger charge is 2.30. The van der Waals surface area contributed by atoms with E-state index in [0.717, 1.165) is 12.8 Å². The van der Waals surface area contributed by atoms with Gasteiger partial charge in [-0.15, -0.1) is 0 Å². The molecule has 0 aromatic carbocycles. The smallest absolute Gasteiger partial charge is 0.309 e. The van der Waals surface area contributed by atoms with Crippen molar-refractivity contribution in [3.63, 3.8) is 0 Å². The Labute approximate surface area is 64.8 Å². The third-order valence-corrected chi connectivity index (χ3v) is 1.50. The zero-order chi connectivity index (χ0) is 7.40. The maximum absolute atomic E-state index is 10.8. The molecule has 0 aromatic heterocycles. The van der Waals surface area contributed by atoms with Gasteiger partial charge < -0.3 is 4.74 Å². The first-order chi connectivity index (χ1) is 4.84. The average molecular weight is 161 g/mol. The summed E-state index contributed by atoms with van der Waals surface area (Å²) in [6, 6.07) is 0. The monoisotopic (exact) mass is 160 g/mol. The number of hydrogen-bond donors (Lipinski definition) is 0. The van der Waals surface area contributed by atoms with Crippen LogP contribution in [-0.2, 0) is 9.53 Å². The fourth-order valence-electron chi connectivity index (χ4n) is 0.604. The van der Waals surface area contributed by atoms with Gasteiger partial charge in [-0.1, -0.05) is 11.6 Å². The van der Waals surface area contributed by atoms with Gasteiger partial charge in [-0.3, -0.25) is 4.79 Å². The predicted octanol–water partition coefficient (Wildman–Crippen LogP) is 1.69. The summed E-state index contributed by atoms with van der Waals surface area (Å²) in [4.78, 5) is 10.8. The predicted molar refractivity (Wildman–Crippen MR) is 38.7 cm³/mol. The molecule has 0 saturated heterocycles. The van der Waals surface area contributed by atoms with Crippen LogP contribution in [0.15, 0.2) is 11.6 Å². The molecule has 0 heterocycles. The van der Waals surface area contributed by atoms with Gasteiger partial charge in [0.15, 0.2) is 0 Å². The Balaban J connectivity index is 2.06. The van der Waals surface area contributed by atoms with Gasteiger partial charge in [0, 0.05) is 5.54 Å². The lowest BCUT2D eigenvalue weighted by molar-refractivity contribution is -0.143. The minimum absolute atomic E-state index is 0.0882. The molecular weight excluding hydrogens is 152 g/mol. The molecule has 1 aliphatic carbocycles. The van der Waals surface area contributed by atoms with E-state index in [0.29, 0.717) is 6.61 Å². The topological polar surface area (TPSA) is 26.3 Å². The highest BCUT2D eigenvalue weighted by molar-refractivity contribution is 6.25. The molecule has 1 fully saturated rings.